The molecule has 0 aliphatic carbocycles. The first kappa shape index (κ1) is 16.2. The largest absolute Gasteiger partial charge is 0.274 e. The molecule has 116 valence electrons. The molecular formula is C15H16N2O4S. The second kappa shape index (κ2) is 7.17. The highest BCUT2D eigenvalue weighted by Gasteiger charge is 2.12. The fourth-order valence-corrected chi connectivity index (χ4v) is 2.45. The van der Waals surface area contributed by atoms with Gasteiger partial charge in [-0.1, -0.05) is 30.3 Å². The van der Waals surface area contributed by atoms with Crippen LogP contribution in [-0.4, -0.2) is 21.4 Å². The van der Waals surface area contributed by atoms with Crippen molar-refractivity contribution in [1.82, 2.24) is 10.2 Å². The predicted octanol–water partition coefficient (Wildman–Crippen LogP) is 1.46. The Balaban J connectivity index is 1.93. The van der Waals surface area contributed by atoms with Crippen LogP contribution in [0.5, 0.6) is 0 Å². The van der Waals surface area contributed by atoms with Crippen molar-refractivity contribution >= 4 is 15.9 Å². The van der Waals surface area contributed by atoms with E-state index in [1.54, 1.807) is 0 Å². The Kier molecular flexibility index (Phi) is 5.26. The summed E-state index contributed by atoms with van der Waals surface area (Å²) in [6.45, 7) is 0.249. The second-order valence-corrected chi connectivity index (χ2v) is 6.32. The molecule has 0 aliphatic rings. The number of hydroxylamine groups is 1. The number of benzene rings is 2. The molecule has 2 aromatic carbocycles. The first-order valence-corrected chi connectivity index (χ1v) is 8.01. The van der Waals surface area contributed by atoms with Gasteiger partial charge >= 0.3 is 0 Å². The molecule has 2 aromatic rings. The summed E-state index contributed by atoms with van der Waals surface area (Å²) in [5, 5.41) is 0. The zero-order valence-electron chi connectivity index (χ0n) is 11.9. The molecule has 6 nitrogen and oxygen atoms in total. The van der Waals surface area contributed by atoms with Gasteiger partial charge in [-0.2, -0.15) is 0 Å². The van der Waals surface area contributed by atoms with E-state index in [-0.39, 0.29) is 11.5 Å². The lowest BCUT2D eigenvalue weighted by atomic mass is 10.2. The maximum absolute atomic E-state index is 11.9. The molecule has 0 saturated heterocycles. The predicted molar refractivity (Wildman–Crippen MR) is 81.4 cm³/mol. The Bertz CT molecular complexity index is 728. The fourth-order valence-electron chi connectivity index (χ4n) is 1.72. The van der Waals surface area contributed by atoms with Crippen molar-refractivity contribution in [2.75, 3.05) is 7.05 Å². The lowest BCUT2D eigenvalue weighted by Crippen LogP contribution is -2.24. The van der Waals surface area contributed by atoms with Crippen molar-refractivity contribution in [3.63, 3.8) is 0 Å². The number of rotatable bonds is 6. The molecule has 0 atom stereocenters. The SMILES string of the molecule is CNS(=O)(=O)c1ccc(C(=O)NOCc2ccccc2)cc1. The fraction of sp³-hybridized carbons (Fsp3) is 0.133. The Hall–Kier alpha value is -2.22. The summed E-state index contributed by atoms with van der Waals surface area (Å²) in [7, 11) is -2.18. The van der Waals surface area contributed by atoms with E-state index in [0.717, 1.165) is 5.56 Å². The Morgan fingerprint density at radius 1 is 1.05 bits per heavy atom. The van der Waals surface area contributed by atoms with Gasteiger partial charge in [-0.25, -0.2) is 18.6 Å². The van der Waals surface area contributed by atoms with Crippen LogP contribution in [0, 0.1) is 0 Å². The zero-order chi connectivity index (χ0) is 16.0. The van der Waals surface area contributed by atoms with E-state index in [2.05, 4.69) is 10.2 Å². The molecule has 22 heavy (non-hydrogen) atoms. The highest BCUT2D eigenvalue weighted by molar-refractivity contribution is 7.89. The van der Waals surface area contributed by atoms with E-state index in [1.807, 2.05) is 30.3 Å². The van der Waals surface area contributed by atoms with E-state index in [4.69, 9.17) is 4.84 Å². The molecule has 2 N–H and O–H groups in total. The normalized spacial score (nSPS) is 11.1. The van der Waals surface area contributed by atoms with Crippen molar-refractivity contribution in [3.05, 3.63) is 65.7 Å². The Morgan fingerprint density at radius 2 is 1.68 bits per heavy atom. The van der Waals surface area contributed by atoms with Crippen molar-refractivity contribution in [2.45, 2.75) is 11.5 Å². The zero-order valence-corrected chi connectivity index (χ0v) is 12.8. The summed E-state index contributed by atoms with van der Waals surface area (Å²) in [6.07, 6.45) is 0. The second-order valence-electron chi connectivity index (χ2n) is 4.44. The Labute approximate surface area is 129 Å². The van der Waals surface area contributed by atoms with Crippen LogP contribution in [0.1, 0.15) is 15.9 Å². The van der Waals surface area contributed by atoms with E-state index >= 15 is 0 Å². The molecule has 0 saturated carbocycles. The minimum absolute atomic E-state index is 0.0942. The van der Waals surface area contributed by atoms with Crippen molar-refractivity contribution in [3.8, 4) is 0 Å². The van der Waals surface area contributed by atoms with Gasteiger partial charge in [0.25, 0.3) is 5.91 Å². The van der Waals surface area contributed by atoms with Gasteiger partial charge in [0, 0.05) is 5.56 Å². The van der Waals surface area contributed by atoms with E-state index < -0.39 is 15.9 Å². The standard InChI is InChI=1S/C15H16N2O4S/c1-16-22(19,20)14-9-7-13(8-10-14)15(18)17-21-11-12-5-3-2-4-6-12/h2-10,16H,11H2,1H3,(H,17,18). The number of hydrogen-bond acceptors (Lipinski definition) is 4. The van der Waals surface area contributed by atoms with Gasteiger partial charge in [-0.15, -0.1) is 0 Å². The number of amides is 1. The summed E-state index contributed by atoms with van der Waals surface area (Å²) in [5.74, 6) is -0.440. The van der Waals surface area contributed by atoms with Gasteiger partial charge < -0.3 is 0 Å². The summed E-state index contributed by atoms with van der Waals surface area (Å²) in [5.41, 5.74) is 3.55. The lowest BCUT2D eigenvalue weighted by molar-refractivity contribution is 0.0233. The van der Waals surface area contributed by atoms with Crippen molar-refractivity contribution < 1.29 is 18.0 Å². The minimum Gasteiger partial charge on any atom is -0.269 e. The number of sulfonamides is 1. The highest BCUT2D eigenvalue weighted by atomic mass is 32.2. The van der Waals surface area contributed by atoms with Crippen LogP contribution in [0.15, 0.2) is 59.5 Å². The molecule has 1 amide bonds. The topological polar surface area (TPSA) is 84.5 Å². The lowest BCUT2D eigenvalue weighted by Gasteiger charge is -2.07. The number of nitrogens with one attached hydrogen (secondary N) is 2. The Morgan fingerprint density at radius 3 is 2.27 bits per heavy atom. The molecular weight excluding hydrogens is 304 g/mol. The maximum Gasteiger partial charge on any atom is 0.274 e. The van der Waals surface area contributed by atoms with Crippen LogP contribution in [-0.2, 0) is 21.5 Å². The van der Waals surface area contributed by atoms with Crippen LogP contribution in [0.25, 0.3) is 0 Å². The van der Waals surface area contributed by atoms with Crippen LogP contribution in [0.2, 0.25) is 0 Å². The first-order valence-electron chi connectivity index (χ1n) is 6.52. The van der Waals surface area contributed by atoms with Crippen LogP contribution >= 0.6 is 0 Å². The third kappa shape index (κ3) is 4.14. The van der Waals surface area contributed by atoms with Crippen LogP contribution in [0.4, 0.5) is 0 Å². The molecule has 0 fully saturated rings. The average molecular weight is 320 g/mol. The number of carbonyl (C=O) groups excluding carboxylic acids is 1. The van der Waals surface area contributed by atoms with E-state index in [0.29, 0.717) is 5.56 Å². The molecule has 0 radical (unpaired) electrons. The third-order valence-corrected chi connectivity index (χ3v) is 4.37. The molecule has 7 heteroatoms. The smallest absolute Gasteiger partial charge is 0.269 e. The van der Waals surface area contributed by atoms with Gasteiger partial charge in [-0.05, 0) is 36.9 Å². The number of hydrogen-bond donors (Lipinski definition) is 2. The molecule has 0 heterocycles. The number of carbonyl (C=O) groups is 1. The summed E-state index contributed by atoms with van der Waals surface area (Å²) < 4.78 is 25.4. The van der Waals surface area contributed by atoms with Gasteiger partial charge in [0.05, 0.1) is 11.5 Å². The minimum atomic E-state index is -3.51. The van der Waals surface area contributed by atoms with Gasteiger partial charge in [0.15, 0.2) is 0 Å². The average Bonchev–Trinajstić information content (AvgIpc) is 2.56. The molecule has 0 bridgehead atoms. The maximum atomic E-state index is 11.9. The summed E-state index contributed by atoms with van der Waals surface area (Å²) >= 11 is 0. The van der Waals surface area contributed by atoms with Crippen LogP contribution in [0.3, 0.4) is 0 Å². The van der Waals surface area contributed by atoms with Gasteiger partial charge in [-0.3, -0.25) is 9.63 Å². The quantitative estimate of drug-likeness (QED) is 0.789. The van der Waals surface area contributed by atoms with Crippen LogP contribution < -0.4 is 10.2 Å². The summed E-state index contributed by atoms with van der Waals surface area (Å²) in [4.78, 5) is 17.1. The van der Waals surface area contributed by atoms with Crippen molar-refractivity contribution in [2.24, 2.45) is 0 Å². The van der Waals surface area contributed by atoms with E-state index in [1.165, 1.54) is 31.3 Å². The molecule has 0 aliphatic heterocycles. The van der Waals surface area contributed by atoms with Gasteiger partial charge in [0.1, 0.15) is 0 Å². The first-order chi connectivity index (χ1) is 10.5. The molecule has 0 unspecified atom stereocenters. The third-order valence-electron chi connectivity index (χ3n) is 2.94. The highest BCUT2D eigenvalue weighted by Crippen LogP contribution is 2.10. The molecule has 0 aromatic heterocycles. The summed E-state index contributed by atoms with van der Waals surface area (Å²) in [6, 6.07) is 15.0. The van der Waals surface area contributed by atoms with E-state index in [9.17, 15) is 13.2 Å². The molecule has 0 spiro atoms. The van der Waals surface area contributed by atoms with Crippen molar-refractivity contribution in [1.29, 1.82) is 0 Å². The molecule has 2 rings (SSSR count). The monoisotopic (exact) mass is 320 g/mol. The van der Waals surface area contributed by atoms with Gasteiger partial charge in [0.2, 0.25) is 10.0 Å².